The zero-order valence-corrected chi connectivity index (χ0v) is 12.1. The fraction of sp³-hybridized carbons (Fsp3) is 0.333. The summed E-state index contributed by atoms with van der Waals surface area (Å²) in [5.41, 5.74) is 3.49. The Morgan fingerprint density at radius 2 is 1.71 bits per heavy atom. The van der Waals surface area contributed by atoms with Crippen LogP contribution in [-0.2, 0) is 0 Å². The van der Waals surface area contributed by atoms with Crippen LogP contribution in [0.25, 0.3) is 0 Å². The lowest BCUT2D eigenvalue weighted by atomic mass is 9.84. The van der Waals surface area contributed by atoms with Crippen LogP contribution >= 0.6 is 0 Å². The van der Waals surface area contributed by atoms with Gasteiger partial charge < -0.3 is 5.32 Å². The van der Waals surface area contributed by atoms with Crippen LogP contribution < -0.4 is 5.32 Å². The number of nitrogens with zero attached hydrogens (tertiary/aromatic N) is 1. The molecule has 0 spiro atoms. The predicted octanol–water partition coefficient (Wildman–Crippen LogP) is 5.88. The monoisotopic (exact) mass is 280 g/mol. The van der Waals surface area contributed by atoms with Crippen molar-refractivity contribution >= 4 is 17.1 Å². The van der Waals surface area contributed by atoms with E-state index in [2.05, 4.69) is 16.6 Å². The molecule has 1 N–H and O–H groups in total. The normalized spacial score (nSPS) is 15.6. The van der Waals surface area contributed by atoms with E-state index < -0.39 is 0 Å². The number of nitrogens with one attached hydrogen (secondary N) is 1. The summed E-state index contributed by atoms with van der Waals surface area (Å²) in [6, 6.07) is 15.9. The minimum absolute atomic E-state index is 0.502. The number of hydrogen-bond donors (Lipinski definition) is 1. The molecule has 21 heavy (non-hydrogen) atoms. The quantitative estimate of drug-likeness (QED) is 0.711. The van der Waals surface area contributed by atoms with Gasteiger partial charge in [0.1, 0.15) is 5.69 Å². The SMILES string of the molecule is O=Nc1cc(C2CCCCC2)ccc1Nc1ccccc1. The molecular formula is C18H20N2O. The van der Waals surface area contributed by atoms with Crippen molar-refractivity contribution in [2.45, 2.75) is 38.0 Å². The van der Waals surface area contributed by atoms with Crippen LogP contribution in [0.2, 0.25) is 0 Å². The lowest BCUT2D eigenvalue weighted by Crippen LogP contribution is -2.04. The maximum Gasteiger partial charge on any atom is 0.131 e. The first-order chi connectivity index (χ1) is 10.4. The van der Waals surface area contributed by atoms with E-state index in [4.69, 9.17) is 0 Å². The average molecular weight is 280 g/mol. The summed E-state index contributed by atoms with van der Waals surface area (Å²) in [5.74, 6) is 0.588. The lowest BCUT2D eigenvalue weighted by Gasteiger charge is -2.22. The van der Waals surface area contributed by atoms with Crippen molar-refractivity contribution in [3.63, 3.8) is 0 Å². The van der Waals surface area contributed by atoms with Gasteiger partial charge in [0.05, 0.1) is 5.69 Å². The van der Waals surface area contributed by atoms with Gasteiger partial charge in [0.2, 0.25) is 0 Å². The summed E-state index contributed by atoms with van der Waals surface area (Å²) in [6.45, 7) is 0. The molecule has 0 radical (unpaired) electrons. The van der Waals surface area contributed by atoms with E-state index in [1.165, 1.54) is 37.7 Å². The minimum atomic E-state index is 0.502. The second-order valence-electron chi connectivity index (χ2n) is 5.69. The summed E-state index contributed by atoms with van der Waals surface area (Å²) in [6.07, 6.45) is 6.37. The molecule has 1 aliphatic carbocycles. The summed E-state index contributed by atoms with van der Waals surface area (Å²) in [7, 11) is 0. The number of para-hydroxylation sites is 1. The highest BCUT2D eigenvalue weighted by molar-refractivity contribution is 5.72. The van der Waals surface area contributed by atoms with Crippen molar-refractivity contribution in [3.05, 3.63) is 59.0 Å². The van der Waals surface area contributed by atoms with Gasteiger partial charge in [-0.05, 0) is 53.8 Å². The van der Waals surface area contributed by atoms with Crippen molar-refractivity contribution in [1.82, 2.24) is 0 Å². The molecule has 0 saturated heterocycles. The Kier molecular flexibility index (Phi) is 4.29. The highest BCUT2D eigenvalue weighted by Crippen LogP contribution is 2.37. The fourth-order valence-corrected chi connectivity index (χ4v) is 3.10. The van der Waals surface area contributed by atoms with E-state index >= 15 is 0 Å². The van der Waals surface area contributed by atoms with Gasteiger partial charge >= 0.3 is 0 Å². The Morgan fingerprint density at radius 1 is 0.952 bits per heavy atom. The molecule has 0 aromatic heterocycles. The highest BCUT2D eigenvalue weighted by Gasteiger charge is 2.17. The van der Waals surface area contributed by atoms with Crippen LogP contribution in [0.5, 0.6) is 0 Å². The van der Waals surface area contributed by atoms with E-state index in [1.54, 1.807) is 0 Å². The van der Waals surface area contributed by atoms with E-state index in [0.29, 0.717) is 11.6 Å². The summed E-state index contributed by atoms with van der Waals surface area (Å²) in [4.78, 5) is 11.2. The van der Waals surface area contributed by atoms with Crippen LogP contribution in [-0.4, -0.2) is 0 Å². The van der Waals surface area contributed by atoms with Crippen molar-refractivity contribution in [2.24, 2.45) is 5.18 Å². The first-order valence-corrected chi connectivity index (χ1v) is 7.66. The fourth-order valence-electron chi connectivity index (χ4n) is 3.10. The van der Waals surface area contributed by atoms with Crippen molar-refractivity contribution in [2.75, 3.05) is 5.32 Å². The van der Waals surface area contributed by atoms with E-state index in [9.17, 15) is 4.91 Å². The molecular weight excluding hydrogens is 260 g/mol. The van der Waals surface area contributed by atoms with E-state index in [-0.39, 0.29) is 0 Å². The molecule has 0 heterocycles. The smallest absolute Gasteiger partial charge is 0.131 e. The predicted molar refractivity (Wildman–Crippen MR) is 87.4 cm³/mol. The molecule has 2 aromatic rings. The molecule has 3 nitrogen and oxygen atoms in total. The van der Waals surface area contributed by atoms with E-state index in [0.717, 1.165) is 11.4 Å². The van der Waals surface area contributed by atoms with Gasteiger partial charge in [0.15, 0.2) is 0 Å². The summed E-state index contributed by atoms with van der Waals surface area (Å²) in [5, 5.41) is 6.47. The molecule has 1 fully saturated rings. The summed E-state index contributed by atoms with van der Waals surface area (Å²) >= 11 is 0. The van der Waals surface area contributed by atoms with E-state index in [1.807, 2.05) is 42.5 Å². The van der Waals surface area contributed by atoms with Crippen LogP contribution in [0, 0.1) is 4.91 Å². The first kappa shape index (κ1) is 13.8. The molecule has 108 valence electrons. The molecule has 3 heteroatoms. The third-order valence-corrected chi connectivity index (χ3v) is 4.25. The number of anilines is 2. The molecule has 0 aliphatic heterocycles. The van der Waals surface area contributed by atoms with Gasteiger partial charge in [0.25, 0.3) is 0 Å². The number of hydrogen-bond acceptors (Lipinski definition) is 3. The maximum atomic E-state index is 11.2. The van der Waals surface area contributed by atoms with Gasteiger partial charge in [-0.3, -0.25) is 0 Å². The first-order valence-electron chi connectivity index (χ1n) is 7.66. The highest BCUT2D eigenvalue weighted by atomic mass is 16.3. The van der Waals surface area contributed by atoms with Gasteiger partial charge in [-0.1, -0.05) is 43.5 Å². The molecule has 0 amide bonds. The Morgan fingerprint density at radius 3 is 2.43 bits per heavy atom. The van der Waals surface area contributed by atoms with Crippen LogP contribution in [0.15, 0.2) is 53.7 Å². The molecule has 0 unspecified atom stereocenters. The molecule has 1 saturated carbocycles. The number of rotatable bonds is 4. The lowest BCUT2D eigenvalue weighted by molar-refractivity contribution is 0.444. The Bertz CT molecular complexity index is 604. The minimum Gasteiger partial charge on any atom is -0.354 e. The Hall–Kier alpha value is -2.16. The topological polar surface area (TPSA) is 41.5 Å². The maximum absolute atomic E-state index is 11.2. The molecule has 0 atom stereocenters. The van der Waals surface area contributed by atoms with Crippen molar-refractivity contribution in [1.29, 1.82) is 0 Å². The van der Waals surface area contributed by atoms with Gasteiger partial charge in [-0.15, -0.1) is 4.91 Å². The second kappa shape index (κ2) is 6.53. The average Bonchev–Trinajstić information content (AvgIpc) is 2.57. The zero-order valence-electron chi connectivity index (χ0n) is 12.1. The largest absolute Gasteiger partial charge is 0.354 e. The van der Waals surface area contributed by atoms with Crippen LogP contribution in [0.4, 0.5) is 17.1 Å². The van der Waals surface area contributed by atoms with Crippen molar-refractivity contribution in [3.8, 4) is 0 Å². The van der Waals surface area contributed by atoms with Gasteiger partial charge in [0, 0.05) is 5.69 Å². The third kappa shape index (κ3) is 3.30. The second-order valence-corrected chi connectivity index (χ2v) is 5.69. The third-order valence-electron chi connectivity index (χ3n) is 4.25. The van der Waals surface area contributed by atoms with Gasteiger partial charge in [-0.2, -0.15) is 0 Å². The standard InChI is InChI=1S/C18H20N2O/c21-20-18-13-15(14-7-3-1-4-8-14)11-12-17(18)19-16-9-5-2-6-10-16/h2,5-6,9-14,19H,1,3-4,7-8H2. The Labute approximate surface area is 125 Å². The molecule has 2 aromatic carbocycles. The van der Waals surface area contributed by atoms with Crippen LogP contribution in [0.1, 0.15) is 43.6 Å². The molecule has 3 rings (SSSR count). The Balaban J connectivity index is 1.83. The van der Waals surface area contributed by atoms with Crippen LogP contribution in [0.3, 0.4) is 0 Å². The van der Waals surface area contributed by atoms with Gasteiger partial charge in [-0.25, -0.2) is 0 Å². The zero-order chi connectivity index (χ0) is 14.5. The molecule has 0 bridgehead atoms. The number of benzene rings is 2. The van der Waals surface area contributed by atoms with Crippen molar-refractivity contribution < 1.29 is 0 Å². The summed E-state index contributed by atoms with van der Waals surface area (Å²) < 4.78 is 0. The molecule has 1 aliphatic rings. The number of nitroso groups, excluding NO2 is 1.